The second-order valence-corrected chi connectivity index (χ2v) is 4.23. The fraction of sp³-hybridized carbons (Fsp3) is 0.133. The van der Waals surface area contributed by atoms with Gasteiger partial charge in [-0.15, -0.1) is 12.3 Å². The third-order valence-electron chi connectivity index (χ3n) is 2.93. The van der Waals surface area contributed by atoms with Crippen molar-refractivity contribution in [1.29, 1.82) is 0 Å². The van der Waals surface area contributed by atoms with Crippen molar-refractivity contribution < 1.29 is 0 Å². The van der Waals surface area contributed by atoms with Crippen LogP contribution in [0, 0.1) is 12.3 Å². The van der Waals surface area contributed by atoms with E-state index in [9.17, 15) is 0 Å². The summed E-state index contributed by atoms with van der Waals surface area (Å²) in [6, 6.07) is 9.88. The molecule has 0 aliphatic rings. The highest BCUT2D eigenvalue weighted by atomic mass is 15.3. The van der Waals surface area contributed by atoms with Gasteiger partial charge in [-0.1, -0.05) is 18.2 Å². The fourth-order valence-electron chi connectivity index (χ4n) is 2.00. The minimum atomic E-state index is 0.651. The maximum Gasteiger partial charge on any atom is 0.168 e. The molecule has 0 unspecified atom stereocenters. The average Bonchev–Trinajstić information content (AvgIpc) is 2.93. The molecule has 0 saturated carbocycles. The monoisotopic (exact) mass is 263 g/mol. The minimum absolute atomic E-state index is 0.651. The lowest BCUT2D eigenvalue weighted by molar-refractivity contribution is 0.895. The van der Waals surface area contributed by atoms with Crippen molar-refractivity contribution in [2.24, 2.45) is 0 Å². The van der Waals surface area contributed by atoms with Crippen LogP contribution < -0.4 is 5.32 Å². The summed E-state index contributed by atoms with van der Waals surface area (Å²) in [5.74, 6) is 3.35. The van der Waals surface area contributed by atoms with E-state index in [2.05, 4.69) is 26.3 Å². The lowest BCUT2D eigenvalue weighted by Gasteiger charge is -2.05. The van der Waals surface area contributed by atoms with Crippen LogP contribution in [0.15, 0.2) is 42.9 Å². The van der Waals surface area contributed by atoms with Crippen LogP contribution in [-0.2, 0) is 0 Å². The van der Waals surface area contributed by atoms with Crippen molar-refractivity contribution in [2.75, 3.05) is 11.9 Å². The van der Waals surface area contributed by atoms with Gasteiger partial charge in [0.15, 0.2) is 5.65 Å². The molecule has 3 rings (SSSR count). The molecule has 0 saturated heterocycles. The van der Waals surface area contributed by atoms with Gasteiger partial charge in [0.2, 0.25) is 0 Å². The third-order valence-corrected chi connectivity index (χ3v) is 2.93. The summed E-state index contributed by atoms with van der Waals surface area (Å²) in [5.41, 5.74) is 1.74. The van der Waals surface area contributed by atoms with E-state index in [1.165, 1.54) is 6.33 Å². The highest BCUT2D eigenvalue weighted by Gasteiger charge is 2.10. The van der Waals surface area contributed by atoms with Gasteiger partial charge in [-0.05, 0) is 12.1 Å². The Morgan fingerprint density at radius 2 is 2.05 bits per heavy atom. The zero-order chi connectivity index (χ0) is 13.8. The molecule has 0 aliphatic carbocycles. The number of hydrogen-bond donors (Lipinski definition) is 1. The smallest absolute Gasteiger partial charge is 0.168 e. The maximum absolute atomic E-state index is 5.25. The molecule has 5 heteroatoms. The topological polar surface area (TPSA) is 55.6 Å². The molecule has 2 aromatic heterocycles. The van der Waals surface area contributed by atoms with Gasteiger partial charge in [0.25, 0.3) is 0 Å². The van der Waals surface area contributed by atoms with Crippen molar-refractivity contribution >= 4 is 16.9 Å². The van der Waals surface area contributed by atoms with E-state index in [4.69, 9.17) is 6.42 Å². The molecule has 2 heterocycles. The number of hydrogen-bond acceptors (Lipinski definition) is 4. The lowest BCUT2D eigenvalue weighted by atomic mass is 10.3. The number of rotatable bonds is 4. The molecular weight excluding hydrogens is 250 g/mol. The Morgan fingerprint density at radius 3 is 2.85 bits per heavy atom. The van der Waals surface area contributed by atoms with Gasteiger partial charge >= 0.3 is 0 Å². The summed E-state index contributed by atoms with van der Waals surface area (Å²) in [7, 11) is 0. The van der Waals surface area contributed by atoms with E-state index in [-0.39, 0.29) is 0 Å². The predicted octanol–water partition coefficient (Wildman–Crippen LogP) is 2.25. The van der Waals surface area contributed by atoms with Gasteiger partial charge in [0.05, 0.1) is 17.3 Å². The number of benzene rings is 1. The van der Waals surface area contributed by atoms with E-state index < -0.39 is 0 Å². The molecular formula is C15H13N5. The molecule has 1 N–H and O–H groups in total. The first kappa shape index (κ1) is 12.2. The summed E-state index contributed by atoms with van der Waals surface area (Å²) >= 11 is 0. The zero-order valence-electron chi connectivity index (χ0n) is 10.8. The average molecular weight is 263 g/mol. The van der Waals surface area contributed by atoms with Gasteiger partial charge in [0, 0.05) is 13.0 Å². The molecule has 0 aliphatic heterocycles. The lowest BCUT2D eigenvalue weighted by Crippen LogP contribution is -2.04. The van der Waals surface area contributed by atoms with Gasteiger partial charge in [-0.3, -0.25) is 0 Å². The Hall–Kier alpha value is -2.87. The van der Waals surface area contributed by atoms with Crippen LogP contribution in [0.4, 0.5) is 5.82 Å². The SMILES string of the molecule is C#CCCNc1ncnc2c1cnn2-c1ccccc1. The number of para-hydroxylation sites is 1. The van der Waals surface area contributed by atoms with Crippen LogP contribution in [0.5, 0.6) is 0 Å². The highest BCUT2D eigenvalue weighted by molar-refractivity contribution is 5.87. The van der Waals surface area contributed by atoms with E-state index in [1.54, 1.807) is 10.9 Å². The van der Waals surface area contributed by atoms with Crippen LogP contribution >= 0.6 is 0 Å². The van der Waals surface area contributed by atoms with Gasteiger partial charge in [-0.25, -0.2) is 14.6 Å². The molecule has 0 radical (unpaired) electrons. The molecule has 0 bridgehead atoms. The van der Waals surface area contributed by atoms with Crippen LogP contribution in [0.25, 0.3) is 16.7 Å². The maximum atomic E-state index is 5.25. The number of nitrogens with one attached hydrogen (secondary N) is 1. The van der Waals surface area contributed by atoms with Crippen LogP contribution in [0.1, 0.15) is 6.42 Å². The largest absolute Gasteiger partial charge is 0.368 e. The third kappa shape index (κ3) is 2.19. The number of fused-ring (bicyclic) bond motifs is 1. The van der Waals surface area contributed by atoms with Crippen molar-refractivity contribution in [1.82, 2.24) is 19.7 Å². The summed E-state index contributed by atoms with van der Waals surface area (Å²) in [4.78, 5) is 8.56. The second kappa shape index (κ2) is 5.41. The summed E-state index contributed by atoms with van der Waals surface area (Å²) in [6.07, 6.45) is 9.19. The number of terminal acetylenes is 1. The van der Waals surface area contributed by atoms with Crippen LogP contribution in [0.2, 0.25) is 0 Å². The van der Waals surface area contributed by atoms with Gasteiger partial charge in [0.1, 0.15) is 12.1 Å². The molecule has 5 nitrogen and oxygen atoms in total. The normalized spacial score (nSPS) is 10.3. The fourth-order valence-corrected chi connectivity index (χ4v) is 2.00. The van der Waals surface area contributed by atoms with E-state index in [1.807, 2.05) is 30.3 Å². The Labute approximate surface area is 116 Å². The quantitative estimate of drug-likeness (QED) is 0.579. The Kier molecular flexibility index (Phi) is 3.29. The zero-order valence-corrected chi connectivity index (χ0v) is 10.8. The van der Waals surface area contributed by atoms with Gasteiger partial charge in [-0.2, -0.15) is 5.10 Å². The first-order valence-electron chi connectivity index (χ1n) is 6.31. The molecule has 0 spiro atoms. The Balaban J connectivity index is 2.02. The molecule has 0 fully saturated rings. The molecule has 98 valence electrons. The van der Waals surface area contributed by atoms with Crippen LogP contribution in [-0.4, -0.2) is 26.3 Å². The molecule has 0 amide bonds. The molecule has 0 atom stereocenters. The van der Waals surface area contributed by atoms with Crippen molar-refractivity contribution in [2.45, 2.75) is 6.42 Å². The summed E-state index contributed by atoms with van der Waals surface area (Å²) in [6.45, 7) is 0.680. The number of aromatic nitrogens is 4. The minimum Gasteiger partial charge on any atom is -0.368 e. The van der Waals surface area contributed by atoms with Gasteiger partial charge < -0.3 is 5.32 Å². The number of nitrogens with zero attached hydrogens (tertiary/aromatic N) is 4. The first-order valence-corrected chi connectivity index (χ1v) is 6.31. The Morgan fingerprint density at radius 1 is 1.20 bits per heavy atom. The Bertz CT molecular complexity index is 755. The first-order chi connectivity index (χ1) is 9.90. The second-order valence-electron chi connectivity index (χ2n) is 4.23. The summed E-state index contributed by atoms with van der Waals surface area (Å²) in [5, 5.41) is 8.48. The van der Waals surface area contributed by atoms with Crippen molar-refractivity contribution in [3.63, 3.8) is 0 Å². The highest BCUT2D eigenvalue weighted by Crippen LogP contribution is 2.21. The predicted molar refractivity (Wildman–Crippen MR) is 78.6 cm³/mol. The molecule has 20 heavy (non-hydrogen) atoms. The van der Waals surface area contributed by atoms with Crippen molar-refractivity contribution in [3.05, 3.63) is 42.9 Å². The van der Waals surface area contributed by atoms with E-state index in [0.717, 1.165) is 22.5 Å². The van der Waals surface area contributed by atoms with E-state index in [0.29, 0.717) is 13.0 Å². The van der Waals surface area contributed by atoms with Crippen molar-refractivity contribution in [3.8, 4) is 18.0 Å². The molecule has 3 aromatic rings. The number of anilines is 1. The van der Waals surface area contributed by atoms with Crippen LogP contribution in [0.3, 0.4) is 0 Å². The molecule has 1 aromatic carbocycles. The van der Waals surface area contributed by atoms with E-state index >= 15 is 0 Å². The standard InChI is InChI=1S/C15H13N5/c1-2-3-9-16-14-13-10-19-20(15(13)18-11-17-14)12-7-5-4-6-8-12/h1,4-8,10-11H,3,9H2,(H,16,17,18). The summed E-state index contributed by atoms with van der Waals surface area (Å²) < 4.78 is 1.80.